The van der Waals surface area contributed by atoms with Crippen molar-refractivity contribution in [2.75, 3.05) is 33.2 Å². The molecule has 1 aromatic carbocycles. The van der Waals surface area contributed by atoms with E-state index in [0.717, 1.165) is 6.26 Å². The van der Waals surface area contributed by atoms with Gasteiger partial charge in [0.2, 0.25) is 16.8 Å². The zero-order chi connectivity index (χ0) is 15.5. The Morgan fingerprint density at radius 1 is 1.33 bits per heavy atom. The van der Waals surface area contributed by atoms with E-state index in [-0.39, 0.29) is 12.7 Å². The molecule has 1 amide bonds. The normalized spacial score (nSPS) is 13.5. The van der Waals surface area contributed by atoms with Gasteiger partial charge in [-0.15, -0.1) is 0 Å². The summed E-state index contributed by atoms with van der Waals surface area (Å²) in [5.74, 6) is 0.955. The SMILES string of the molecule is CN(CCCNC(=O)c1ccc2c(c1)OCO2)S(C)(=O)=O. The predicted octanol–water partition coefficient (Wildman–Crippen LogP) is 0.427. The quantitative estimate of drug-likeness (QED) is 0.770. The van der Waals surface area contributed by atoms with Crippen molar-refractivity contribution >= 4 is 15.9 Å². The fraction of sp³-hybridized carbons (Fsp3) is 0.462. The molecule has 0 saturated heterocycles. The first-order valence-corrected chi connectivity index (χ1v) is 8.32. The second-order valence-corrected chi connectivity index (χ2v) is 6.85. The molecule has 0 fully saturated rings. The molecule has 0 spiro atoms. The molecule has 0 bridgehead atoms. The molecule has 1 aliphatic heterocycles. The minimum absolute atomic E-state index is 0.165. The van der Waals surface area contributed by atoms with Gasteiger partial charge in [0, 0.05) is 25.7 Å². The van der Waals surface area contributed by atoms with E-state index >= 15 is 0 Å². The average Bonchev–Trinajstić information content (AvgIpc) is 2.89. The van der Waals surface area contributed by atoms with Gasteiger partial charge >= 0.3 is 0 Å². The van der Waals surface area contributed by atoms with Crippen LogP contribution in [0.5, 0.6) is 11.5 Å². The van der Waals surface area contributed by atoms with Crippen LogP contribution in [0.3, 0.4) is 0 Å². The van der Waals surface area contributed by atoms with E-state index in [1.165, 1.54) is 11.4 Å². The number of carbonyl (C=O) groups is 1. The Labute approximate surface area is 123 Å². The summed E-state index contributed by atoms with van der Waals surface area (Å²) in [6.07, 6.45) is 1.69. The van der Waals surface area contributed by atoms with Gasteiger partial charge in [0.1, 0.15) is 0 Å². The lowest BCUT2D eigenvalue weighted by atomic mass is 10.2. The van der Waals surface area contributed by atoms with Crippen molar-refractivity contribution in [1.82, 2.24) is 9.62 Å². The van der Waals surface area contributed by atoms with Gasteiger partial charge in [-0.3, -0.25) is 4.79 Å². The third kappa shape index (κ3) is 4.08. The van der Waals surface area contributed by atoms with Gasteiger partial charge in [-0.1, -0.05) is 0 Å². The number of carbonyl (C=O) groups excluding carboxylic acids is 1. The van der Waals surface area contributed by atoms with Gasteiger partial charge in [-0.2, -0.15) is 0 Å². The molecule has 1 aliphatic rings. The molecule has 0 saturated carbocycles. The largest absolute Gasteiger partial charge is 0.454 e. The highest BCUT2D eigenvalue weighted by atomic mass is 32.2. The molecular weight excluding hydrogens is 296 g/mol. The molecule has 1 N–H and O–H groups in total. The molecule has 0 aromatic heterocycles. The Morgan fingerprint density at radius 2 is 2.05 bits per heavy atom. The van der Waals surface area contributed by atoms with Crippen LogP contribution in [0.1, 0.15) is 16.8 Å². The highest BCUT2D eigenvalue weighted by molar-refractivity contribution is 7.88. The van der Waals surface area contributed by atoms with Crippen LogP contribution in [0.2, 0.25) is 0 Å². The number of nitrogens with zero attached hydrogens (tertiary/aromatic N) is 1. The molecule has 0 aliphatic carbocycles. The molecule has 2 rings (SSSR count). The van der Waals surface area contributed by atoms with E-state index in [0.29, 0.717) is 36.6 Å². The van der Waals surface area contributed by atoms with Crippen LogP contribution < -0.4 is 14.8 Å². The van der Waals surface area contributed by atoms with E-state index in [9.17, 15) is 13.2 Å². The predicted molar refractivity (Wildman–Crippen MR) is 77.0 cm³/mol. The summed E-state index contributed by atoms with van der Waals surface area (Å²) in [4.78, 5) is 11.9. The summed E-state index contributed by atoms with van der Waals surface area (Å²) in [5.41, 5.74) is 0.482. The smallest absolute Gasteiger partial charge is 0.251 e. The number of fused-ring (bicyclic) bond motifs is 1. The second kappa shape index (κ2) is 6.31. The van der Waals surface area contributed by atoms with Crippen molar-refractivity contribution < 1.29 is 22.7 Å². The zero-order valence-electron chi connectivity index (χ0n) is 12.0. The summed E-state index contributed by atoms with van der Waals surface area (Å²) >= 11 is 0. The summed E-state index contributed by atoms with van der Waals surface area (Å²) in [7, 11) is -1.66. The maximum Gasteiger partial charge on any atom is 0.251 e. The number of amides is 1. The Kier molecular flexibility index (Phi) is 4.69. The lowest BCUT2D eigenvalue weighted by Gasteiger charge is -2.13. The van der Waals surface area contributed by atoms with Crippen LogP contribution in [0.15, 0.2) is 18.2 Å². The first-order chi connectivity index (χ1) is 9.88. The van der Waals surface area contributed by atoms with E-state index in [1.807, 2.05) is 0 Å². The van der Waals surface area contributed by atoms with Gasteiger partial charge in [0.15, 0.2) is 11.5 Å². The first-order valence-electron chi connectivity index (χ1n) is 6.47. The maximum atomic E-state index is 11.9. The van der Waals surface area contributed by atoms with E-state index in [1.54, 1.807) is 18.2 Å². The number of nitrogens with one attached hydrogen (secondary N) is 1. The highest BCUT2D eigenvalue weighted by Gasteiger charge is 2.16. The number of rotatable bonds is 6. The third-order valence-electron chi connectivity index (χ3n) is 3.14. The molecule has 21 heavy (non-hydrogen) atoms. The van der Waals surface area contributed by atoms with E-state index in [4.69, 9.17) is 9.47 Å². The fourth-order valence-corrected chi connectivity index (χ4v) is 2.27. The topological polar surface area (TPSA) is 84.9 Å². The van der Waals surface area contributed by atoms with Gasteiger partial charge < -0.3 is 14.8 Å². The summed E-state index contributed by atoms with van der Waals surface area (Å²) < 4.78 is 34.0. The lowest BCUT2D eigenvalue weighted by Crippen LogP contribution is -2.30. The number of hydrogen-bond acceptors (Lipinski definition) is 5. The maximum absolute atomic E-state index is 11.9. The number of hydrogen-bond donors (Lipinski definition) is 1. The van der Waals surface area contributed by atoms with Crippen LogP contribution in [0.4, 0.5) is 0 Å². The minimum atomic E-state index is -3.17. The molecule has 0 unspecified atom stereocenters. The standard InChI is InChI=1S/C13H18N2O5S/c1-15(21(2,17)18)7-3-6-14-13(16)10-4-5-11-12(8-10)20-9-19-11/h4-5,8H,3,6-7,9H2,1-2H3,(H,14,16). The number of ether oxygens (including phenoxy) is 2. The van der Waals surface area contributed by atoms with Crippen molar-refractivity contribution in [2.24, 2.45) is 0 Å². The van der Waals surface area contributed by atoms with Crippen LogP contribution >= 0.6 is 0 Å². The van der Waals surface area contributed by atoms with Gasteiger partial charge in [0.25, 0.3) is 5.91 Å². The monoisotopic (exact) mass is 314 g/mol. The minimum Gasteiger partial charge on any atom is -0.454 e. The second-order valence-electron chi connectivity index (χ2n) is 4.76. The Morgan fingerprint density at radius 3 is 2.76 bits per heavy atom. The Hall–Kier alpha value is -1.80. The zero-order valence-corrected chi connectivity index (χ0v) is 12.8. The summed E-state index contributed by atoms with van der Waals surface area (Å²) in [6, 6.07) is 4.97. The molecule has 1 aromatic rings. The molecule has 116 valence electrons. The van der Waals surface area contributed by atoms with Gasteiger partial charge in [-0.25, -0.2) is 12.7 Å². The lowest BCUT2D eigenvalue weighted by molar-refractivity contribution is 0.0952. The molecule has 7 nitrogen and oxygen atoms in total. The Bertz CT molecular complexity index is 629. The average molecular weight is 314 g/mol. The van der Waals surface area contributed by atoms with Crippen molar-refractivity contribution in [3.05, 3.63) is 23.8 Å². The molecule has 0 atom stereocenters. The highest BCUT2D eigenvalue weighted by Crippen LogP contribution is 2.32. The summed E-state index contributed by atoms with van der Waals surface area (Å²) in [6.45, 7) is 0.922. The van der Waals surface area contributed by atoms with Crippen molar-refractivity contribution in [1.29, 1.82) is 0 Å². The number of sulfonamides is 1. The van der Waals surface area contributed by atoms with Crippen molar-refractivity contribution in [3.8, 4) is 11.5 Å². The molecule has 8 heteroatoms. The molecule has 1 heterocycles. The van der Waals surface area contributed by atoms with Crippen LogP contribution in [0, 0.1) is 0 Å². The van der Waals surface area contributed by atoms with Gasteiger partial charge in [0.05, 0.1) is 6.26 Å². The fourth-order valence-electron chi connectivity index (χ4n) is 1.81. The Balaban J connectivity index is 1.80. The molecular formula is C13H18N2O5S. The van der Waals surface area contributed by atoms with Crippen LogP contribution in [0.25, 0.3) is 0 Å². The van der Waals surface area contributed by atoms with Crippen molar-refractivity contribution in [2.45, 2.75) is 6.42 Å². The van der Waals surface area contributed by atoms with Crippen LogP contribution in [-0.4, -0.2) is 51.8 Å². The number of benzene rings is 1. The van der Waals surface area contributed by atoms with Gasteiger partial charge in [-0.05, 0) is 24.6 Å². The van der Waals surface area contributed by atoms with E-state index in [2.05, 4.69) is 5.32 Å². The third-order valence-corrected chi connectivity index (χ3v) is 4.45. The first kappa shape index (κ1) is 15.6. The van der Waals surface area contributed by atoms with Crippen molar-refractivity contribution in [3.63, 3.8) is 0 Å². The van der Waals surface area contributed by atoms with Crippen LogP contribution in [-0.2, 0) is 10.0 Å². The van der Waals surface area contributed by atoms with E-state index < -0.39 is 10.0 Å². The molecule has 0 radical (unpaired) electrons. The summed E-state index contributed by atoms with van der Waals surface area (Å²) in [5, 5.41) is 2.74.